The standard InChI is InChI=1S/C14H11NO3S2/c1-15-11(8-4-2-6-19-8)10(13(17)14(15)18)12(16)9-5-3-7-20-9/h2-7,11,17H,1H3. The van der Waals surface area contributed by atoms with Crippen molar-refractivity contribution in [2.24, 2.45) is 0 Å². The largest absolute Gasteiger partial charge is 0.503 e. The lowest BCUT2D eigenvalue weighted by atomic mass is 10.0. The molecule has 1 N–H and O–H groups in total. The molecule has 1 amide bonds. The van der Waals surface area contributed by atoms with Crippen molar-refractivity contribution in [3.63, 3.8) is 0 Å². The number of amides is 1. The van der Waals surface area contributed by atoms with Gasteiger partial charge >= 0.3 is 0 Å². The van der Waals surface area contributed by atoms with Crippen molar-refractivity contribution in [3.8, 4) is 0 Å². The maximum absolute atomic E-state index is 12.5. The van der Waals surface area contributed by atoms with Crippen molar-refractivity contribution < 1.29 is 14.7 Å². The quantitative estimate of drug-likeness (QED) is 0.887. The maximum Gasteiger partial charge on any atom is 0.289 e. The Hall–Kier alpha value is -1.92. The minimum atomic E-state index is -0.511. The molecular formula is C14H11NO3S2. The predicted octanol–water partition coefficient (Wildman–Crippen LogP) is 3.02. The van der Waals surface area contributed by atoms with Gasteiger partial charge < -0.3 is 10.0 Å². The van der Waals surface area contributed by atoms with Crippen LogP contribution in [0.15, 0.2) is 46.4 Å². The summed E-state index contributed by atoms with van der Waals surface area (Å²) in [6.07, 6.45) is 0. The Morgan fingerprint density at radius 1 is 1.25 bits per heavy atom. The van der Waals surface area contributed by atoms with Gasteiger partial charge in [0.25, 0.3) is 5.91 Å². The number of carbonyl (C=O) groups excluding carboxylic acids is 2. The van der Waals surface area contributed by atoms with Crippen LogP contribution in [0.1, 0.15) is 20.6 Å². The molecule has 0 aromatic carbocycles. The van der Waals surface area contributed by atoms with Crippen LogP contribution in [0.3, 0.4) is 0 Å². The molecule has 0 radical (unpaired) electrons. The topological polar surface area (TPSA) is 57.6 Å². The minimum Gasteiger partial charge on any atom is -0.503 e. The highest BCUT2D eigenvalue weighted by Crippen LogP contribution is 2.39. The third-order valence-corrected chi connectivity index (χ3v) is 5.03. The number of hydrogen-bond donors (Lipinski definition) is 1. The van der Waals surface area contributed by atoms with Gasteiger partial charge in [0.15, 0.2) is 5.76 Å². The van der Waals surface area contributed by atoms with Crippen LogP contribution in [-0.2, 0) is 4.79 Å². The second kappa shape index (κ2) is 4.88. The van der Waals surface area contributed by atoms with Gasteiger partial charge in [-0.05, 0) is 22.9 Å². The molecule has 102 valence electrons. The molecule has 1 atom stereocenters. The van der Waals surface area contributed by atoms with Gasteiger partial charge in [-0.1, -0.05) is 12.1 Å². The highest BCUT2D eigenvalue weighted by Gasteiger charge is 2.42. The van der Waals surface area contributed by atoms with Crippen molar-refractivity contribution >= 4 is 34.4 Å². The summed E-state index contributed by atoms with van der Waals surface area (Å²) in [5, 5.41) is 13.7. The lowest BCUT2D eigenvalue weighted by Crippen LogP contribution is -2.26. The van der Waals surface area contributed by atoms with E-state index in [0.717, 1.165) is 4.88 Å². The monoisotopic (exact) mass is 305 g/mol. The number of nitrogens with zero attached hydrogens (tertiary/aromatic N) is 1. The van der Waals surface area contributed by atoms with E-state index in [4.69, 9.17) is 0 Å². The van der Waals surface area contributed by atoms with E-state index < -0.39 is 17.7 Å². The Morgan fingerprint density at radius 2 is 1.95 bits per heavy atom. The Labute approximate surface area is 123 Å². The molecule has 0 saturated heterocycles. The molecule has 20 heavy (non-hydrogen) atoms. The first-order chi connectivity index (χ1) is 9.61. The van der Waals surface area contributed by atoms with Gasteiger partial charge in [-0.3, -0.25) is 9.59 Å². The van der Waals surface area contributed by atoms with Gasteiger partial charge in [-0.2, -0.15) is 0 Å². The van der Waals surface area contributed by atoms with Gasteiger partial charge in [0.05, 0.1) is 16.5 Å². The summed E-state index contributed by atoms with van der Waals surface area (Å²) in [4.78, 5) is 27.3. The number of ketones is 1. The normalized spacial score (nSPS) is 18.9. The fourth-order valence-electron chi connectivity index (χ4n) is 2.27. The van der Waals surface area contributed by atoms with Crippen LogP contribution in [0.2, 0.25) is 0 Å². The first-order valence-corrected chi connectivity index (χ1v) is 7.69. The van der Waals surface area contributed by atoms with Gasteiger partial charge in [-0.25, -0.2) is 0 Å². The van der Waals surface area contributed by atoms with E-state index in [0.29, 0.717) is 4.88 Å². The zero-order valence-corrected chi connectivity index (χ0v) is 12.2. The summed E-state index contributed by atoms with van der Waals surface area (Å²) >= 11 is 2.76. The number of Topliss-reactive ketones (excluding diaryl/α,β-unsaturated/α-hetero) is 1. The number of likely N-dealkylation sites (N-methyl/N-ethyl adjacent to an activating group) is 1. The summed E-state index contributed by atoms with van der Waals surface area (Å²) in [5.74, 6) is -1.23. The predicted molar refractivity (Wildman–Crippen MR) is 78.1 cm³/mol. The van der Waals surface area contributed by atoms with E-state index in [2.05, 4.69) is 0 Å². The van der Waals surface area contributed by atoms with Crippen LogP contribution in [0.4, 0.5) is 0 Å². The molecular weight excluding hydrogens is 294 g/mol. The molecule has 2 aromatic rings. The van der Waals surface area contributed by atoms with E-state index in [1.807, 2.05) is 17.5 Å². The SMILES string of the molecule is CN1C(=O)C(O)=C(C(=O)c2cccs2)C1c1cccs1. The van der Waals surface area contributed by atoms with Crippen molar-refractivity contribution in [2.75, 3.05) is 7.05 Å². The van der Waals surface area contributed by atoms with Crippen LogP contribution in [0, 0.1) is 0 Å². The molecule has 0 aliphatic carbocycles. The average Bonchev–Trinajstić information content (AvgIpc) is 3.15. The van der Waals surface area contributed by atoms with Crippen molar-refractivity contribution in [2.45, 2.75) is 6.04 Å². The lowest BCUT2D eigenvalue weighted by Gasteiger charge is -2.20. The second-order valence-electron chi connectivity index (χ2n) is 4.40. The maximum atomic E-state index is 12.5. The number of rotatable bonds is 3. The van der Waals surface area contributed by atoms with E-state index in [-0.39, 0.29) is 11.4 Å². The molecule has 1 unspecified atom stereocenters. The van der Waals surface area contributed by atoms with Gasteiger partial charge in [0.2, 0.25) is 5.78 Å². The smallest absolute Gasteiger partial charge is 0.289 e. The zero-order valence-electron chi connectivity index (χ0n) is 10.6. The summed E-state index contributed by atoms with van der Waals surface area (Å²) in [5.41, 5.74) is 0.169. The van der Waals surface area contributed by atoms with E-state index in [1.165, 1.54) is 27.6 Å². The lowest BCUT2D eigenvalue weighted by molar-refractivity contribution is -0.128. The van der Waals surface area contributed by atoms with Gasteiger partial charge in [0.1, 0.15) is 0 Å². The molecule has 3 heterocycles. The summed E-state index contributed by atoms with van der Waals surface area (Å²) in [6.45, 7) is 0. The van der Waals surface area contributed by atoms with Gasteiger partial charge in [-0.15, -0.1) is 22.7 Å². The van der Waals surface area contributed by atoms with Crippen molar-refractivity contribution in [1.82, 2.24) is 4.90 Å². The van der Waals surface area contributed by atoms with E-state index >= 15 is 0 Å². The molecule has 0 saturated carbocycles. The van der Waals surface area contributed by atoms with Crippen molar-refractivity contribution in [1.29, 1.82) is 0 Å². The Morgan fingerprint density at radius 3 is 2.55 bits per heavy atom. The van der Waals surface area contributed by atoms with E-state index in [1.54, 1.807) is 24.6 Å². The van der Waals surface area contributed by atoms with E-state index in [9.17, 15) is 14.7 Å². The van der Waals surface area contributed by atoms with Crippen LogP contribution in [0.5, 0.6) is 0 Å². The average molecular weight is 305 g/mol. The fraction of sp³-hybridized carbons (Fsp3) is 0.143. The number of aliphatic hydroxyl groups is 1. The molecule has 1 aliphatic rings. The molecule has 0 bridgehead atoms. The number of carbonyl (C=O) groups is 2. The highest BCUT2D eigenvalue weighted by atomic mass is 32.1. The third-order valence-electron chi connectivity index (χ3n) is 3.24. The first-order valence-electron chi connectivity index (χ1n) is 5.93. The zero-order chi connectivity index (χ0) is 14.3. The molecule has 0 spiro atoms. The Kier molecular flexibility index (Phi) is 3.19. The summed E-state index contributed by atoms with van der Waals surface area (Å²) in [7, 11) is 1.59. The van der Waals surface area contributed by atoms with Gasteiger partial charge in [0, 0.05) is 11.9 Å². The summed E-state index contributed by atoms with van der Waals surface area (Å²) in [6, 6.07) is 6.69. The molecule has 3 rings (SSSR count). The molecule has 0 fully saturated rings. The second-order valence-corrected chi connectivity index (χ2v) is 6.33. The number of aliphatic hydroxyl groups excluding tert-OH is 1. The molecule has 1 aliphatic heterocycles. The van der Waals surface area contributed by atoms with Crippen molar-refractivity contribution in [3.05, 3.63) is 56.1 Å². The van der Waals surface area contributed by atoms with Crippen LogP contribution >= 0.6 is 22.7 Å². The summed E-state index contributed by atoms with van der Waals surface area (Å²) < 4.78 is 0. The Bertz CT molecular complexity index is 686. The highest BCUT2D eigenvalue weighted by molar-refractivity contribution is 7.12. The number of thiophene rings is 2. The molecule has 6 heteroatoms. The molecule has 4 nitrogen and oxygen atoms in total. The third kappa shape index (κ3) is 1.88. The minimum absolute atomic E-state index is 0.169. The fourth-order valence-corrected chi connectivity index (χ4v) is 3.83. The number of hydrogen-bond acceptors (Lipinski definition) is 5. The van der Waals surface area contributed by atoms with Crippen LogP contribution in [-0.4, -0.2) is 28.7 Å². The Balaban J connectivity index is 2.10. The van der Waals surface area contributed by atoms with Crippen LogP contribution in [0.25, 0.3) is 0 Å². The first kappa shape index (κ1) is 13.1. The van der Waals surface area contributed by atoms with Crippen LogP contribution < -0.4 is 0 Å². The molecule has 2 aromatic heterocycles.